The van der Waals surface area contributed by atoms with Crippen molar-refractivity contribution in [2.45, 2.75) is 50.0 Å². The Balaban J connectivity index is 1.61. The first-order valence-electron chi connectivity index (χ1n) is 11.3. The average Bonchev–Trinajstić information content (AvgIpc) is 2.79. The molecule has 0 saturated carbocycles. The lowest BCUT2D eigenvalue weighted by Gasteiger charge is -2.48. The van der Waals surface area contributed by atoms with Crippen LogP contribution in [0, 0.1) is 19.8 Å². The first kappa shape index (κ1) is 21.9. The number of nitrogens with zero attached hydrogens (tertiary/aromatic N) is 1. The van der Waals surface area contributed by atoms with Gasteiger partial charge in [-0.1, -0.05) is 69.5 Å². The van der Waals surface area contributed by atoms with Gasteiger partial charge >= 0.3 is 0 Å². The van der Waals surface area contributed by atoms with Gasteiger partial charge < -0.3 is 0 Å². The summed E-state index contributed by atoms with van der Waals surface area (Å²) in [4.78, 5) is 0.385. The Kier molecular flexibility index (Phi) is 5.77. The third-order valence-corrected chi connectivity index (χ3v) is 9.60. The second-order valence-electron chi connectivity index (χ2n) is 9.23. The minimum atomic E-state index is -3.60. The number of halogens is 1. The Hall–Kier alpha value is -1.95. The Labute approximate surface area is 199 Å². The summed E-state index contributed by atoms with van der Waals surface area (Å²) in [5.74, 6) is 0.649. The van der Waals surface area contributed by atoms with E-state index in [0.29, 0.717) is 17.4 Å². The molecule has 1 aliphatic heterocycles. The molecule has 5 heteroatoms. The molecule has 1 fully saturated rings. The first-order valence-corrected chi connectivity index (χ1v) is 13.5. The van der Waals surface area contributed by atoms with Crippen LogP contribution in [-0.4, -0.2) is 19.3 Å². The molecule has 3 aromatic rings. The van der Waals surface area contributed by atoms with Gasteiger partial charge in [0.25, 0.3) is 0 Å². The zero-order valence-corrected chi connectivity index (χ0v) is 20.9. The number of hydrogen-bond acceptors (Lipinski definition) is 2. The summed E-state index contributed by atoms with van der Waals surface area (Å²) in [5.41, 5.74) is 6.28. The molecule has 2 aliphatic rings. The highest BCUT2D eigenvalue weighted by Crippen LogP contribution is 2.51. The van der Waals surface area contributed by atoms with Gasteiger partial charge in [-0.05, 0) is 85.9 Å². The number of hydrogen-bond donors (Lipinski definition) is 0. The van der Waals surface area contributed by atoms with Crippen LogP contribution in [0.25, 0.3) is 0 Å². The van der Waals surface area contributed by atoms with Crippen molar-refractivity contribution in [3.63, 3.8) is 0 Å². The summed E-state index contributed by atoms with van der Waals surface area (Å²) in [6, 6.07) is 22.1. The summed E-state index contributed by atoms with van der Waals surface area (Å²) in [6.45, 7) is 4.66. The minimum absolute atomic E-state index is 0.165. The van der Waals surface area contributed by atoms with E-state index < -0.39 is 10.0 Å². The van der Waals surface area contributed by atoms with E-state index in [1.165, 1.54) is 16.7 Å². The Morgan fingerprint density at radius 3 is 2.28 bits per heavy atom. The Bertz CT molecular complexity index is 1240. The fraction of sp³-hybridized carbons (Fsp3) is 0.333. The topological polar surface area (TPSA) is 37.4 Å². The fourth-order valence-electron chi connectivity index (χ4n) is 5.60. The molecule has 0 N–H and O–H groups in total. The van der Waals surface area contributed by atoms with Crippen molar-refractivity contribution >= 4 is 26.0 Å². The van der Waals surface area contributed by atoms with Crippen molar-refractivity contribution in [3.05, 3.63) is 99.0 Å². The minimum Gasteiger partial charge on any atom is -0.207 e. The number of sulfonamides is 1. The van der Waals surface area contributed by atoms with E-state index in [1.54, 1.807) is 16.4 Å². The predicted molar refractivity (Wildman–Crippen MR) is 132 cm³/mol. The highest BCUT2D eigenvalue weighted by Gasteiger charge is 2.46. The van der Waals surface area contributed by atoms with Crippen molar-refractivity contribution in [1.29, 1.82) is 0 Å². The highest BCUT2D eigenvalue weighted by atomic mass is 79.9. The number of benzene rings is 3. The third-order valence-electron chi connectivity index (χ3n) is 7.18. The predicted octanol–water partition coefficient (Wildman–Crippen LogP) is 6.55. The maximum Gasteiger partial charge on any atom is 0.243 e. The van der Waals surface area contributed by atoms with Gasteiger partial charge in [-0.25, -0.2) is 8.42 Å². The lowest BCUT2D eigenvalue weighted by molar-refractivity contribution is 0.135. The van der Waals surface area contributed by atoms with Crippen LogP contribution in [-0.2, 0) is 16.4 Å². The smallest absolute Gasteiger partial charge is 0.207 e. The van der Waals surface area contributed by atoms with Crippen LogP contribution in [0.2, 0.25) is 0 Å². The molecule has 0 unspecified atom stereocenters. The summed E-state index contributed by atoms with van der Waals surface area (Å²) in [5, 5.41) is 0. The maximum absolute atomic E-state index is 13.8. The van der Waals surface area contributed by atoms with E-state index in [9.17, 15) is 8.42 Å². The number of rotatable bonds is 3. The zero-order valence-electron chi connectivity index (χ0n) is 18.5. The van der Waals surface area contributed by atoms with Gasteiger partial charge in [0.15, 0.2) is 0 Å². The van der Waals surface area contributed by atoms with E-state index in [2.05, 4.69) is 53.2 Å². The second kappa shape index (κ2) is 8.44. The van der Waals surface area contributed by atoms with Crippen molar-refractivity contribution in [2.75, 3.05) is 6.54 Å². The lowest BCUT2D eigenvalue weighted by atomic mass is 9.67. The van der Waals surface area contributed by atoms with Crippen molar-refractivity contribution in [1.82, 2.24) is 4.31 Å². The van der Waals surface area contributed by atoms with Gasteiger partial charge in [0, 0.05) is 11.0 Å². The monoisotopic (exact) mass is 509 g/mol. The fourth-order valence-corrected chi connectivity index (χ4v) is 7.53. The summed E-state index contributed by atoms with van der Waals surface area (Å²) < 4.78 is 30.5. The molecule has 0 spiro atoms. The standard InChI is InChI=1S/C27H28BrNO2S/c1-18-4-12-23(13-5-18)32(30,31)29-16-15-24-25(27(29)21-7-10-22(28)11-8-21)14-9-20-6-3-19(2)17-26(20)24/h3-8,10-13,17,24-25,27H,9,14-16H2,1-2H3/t24-,25-,27+/m1/s1. The van der Waals surface area contributed by atoms with Crippen LogP contribution < -0.4 is 0 Å². The van der Waals surface area contributed by atoms with Crippen LogP contribution in [0.15, 0.2) is 76.1 Å². The van der Waals surface area contributed by atoms with E-state index in [4.69, 9.17) is 0 Å². The van der Waals surface area contributed by atoms with Gasteiger partial charge in [0.1, 0.15) is 0 Å². The number of piperidine rings is 1. The summed E-state index contributed by atoms with van der Waals surface area (Å²) >= 11 is 3.53. The van der Waals surface area contributed by atoms with Crippen LogP contribution >= 0.6 is 15.9 Å². The summed E-state index contributed by atoms with van der Waals surface area (Å²) in [6.07, 6.45) is 2.86. The van der Waals surface area contributed by atoms with Gasteiger partial charge in [-0.15, -0.1) is 0 Å². The van der Waals surface area contributed by atoms with Gasteiger partial charge in [0.05, 0.1) is 10.9 Å². The van der Waals surface area contributed by atoms with E-state index in [1.807, 2.05) is 31.2 Å². The molecule has 3 nitrogen and oxygen atoms in total. The first-order chi connectivity index (χ1) is 15.3. The molecule has 0 radical (unpaired) electrons. The number of aryl methyl sites for hydroxylation is 3. The van der Waals surface area contributed by atoms with Crippen LogP contribution in [0.3, 0.4) is 0 Å². The normalized spacial score (nSPS) is 23.4. The molecule has 1 heterocycles. The van der Waals surface area contributed by atoms with Crippen molar-refractivity contribution < 1.29 is 8.42 Å². The van der Waals surface area contributed by atoms with Crippen LogP contribution in [0.5, 0.6) is 0 Å². The van der Waals surface area contributed by atoms with E-state index in [-0.39, 0.29) is 12.0 Å². The van der Waals surface area contributed by atoms with Crippen molar-refractivity contribution in [3.8, 4) is 0 Å². The highest BCUT2D eigenvalue weighted by molar-refractivity contribution is 9.10. The maximum atomic E-state index is 13.8. The molecule has 3 atom stereocenters. The molecule has 1 saturated heterocycles. The van der Waals surface area contributed by atoms with Gasteiger partial charge in [0.2, 0.25) is 10.0 Å². The summed E-state index contributed by atoms with van der Waals surface area (Å²) in [7, 11) is -3.60. The molecule has 0 bridgehead atoms. The molecule has 0 aromatic heterocycles. The Morgan fingerprint density at radius 2 is 1.56 bits per heavy atom. The van der Waals surface area contributed by atoms with Crippen molar-refractivity contribution in [2.24, 2.45) is 5.92 Å². The molecular weight excluding hydrogens is 482 g/mol. The zero-order chi connectivity index (χ0) is 22.5. The molecule has 5 rings (SSSR count). The molecule has 0 amide bonds. The Morgan fingerprint density at radius 1 is 0.875 bits per heavy atom. The lowest BCUT2D eigenvalue weighted by Crippen LogP contribution is -2.46. The van der Waals surface area contributed by atoms with Crippen LogP contribution in [0.4, 0.5) is 0 Å². The SMILES string of the molecule is Cc1ccc(S(=O)(=O)N2CC[C@H]3c4cc(C)ccc4CC[C@H]3[C@@H]2c2ccc(Br)cc2)cc1. The molecule has 1 aliphatic carbocycles. The second-order valence-corrected chi connectivity index (χ2v) is 12.0. The molecule has 3 aromatic carbocycles. The van der Waals surface area contributed by atoms with Gasteiger partial charge in [-0.3, -0.25) is 0 Å². The molecule has 32 heavy (non-hydrogen) atoms. The van der Waals surface area contributed by atoms with E-state index >= 15 is 0 Å². The quantitative estimate of drug-likeness (QED) is 0.401. The average molecular weight is 510 g/mol. The van der Waals surface area contributed by atoms with Crippen LogP contribution in [0.1, 0.15) is 52.6 Å². The number of fused-ring (bicyclic) bond motifs is 3. The largest absolute Gasteiger partial charge is 0.243 e. The van der Waals surface area contributed by atoms with Gasteiger partial charge in [-0.2, -0.15) is 4.31 Å². The third kappa shape index (κ3) is 3.85. The molecular formula is C27H28BrNO2S. The van der Waals surface area contributed by atoms with E-state index in [0.717, 1.165) is 34.9 Å². The molecule has 166 valence electrons.